The molecule has 0 aromatic heterocycles. The number of carbonyl (C=O) groups excluding carboxylic acids is 1. The molecule has 0 spiro atoms. The molecule has 0 bridgehead atoms. The van der Waals surface area contributed by atoms with Crippen LogP contribution in [0.25, 0.3) is 0 Å². The fraction of sp³-hybridized carbons (Fsp3) is 0.471. The van der Waals surface area contributed by atoms with Gasteiger partial charge in [0.25, 0.3) is 0 Å². The highest BCUT2D eigenvalue weighted by Crippen LogP contribution is 2.40. The van der Waals surface area contributed by atoms with Crippen molar-refractivity contribution in [2.75, 3.05) is 0 Å². The van der Waals surface area contributed by atoms with Crippen LogP contribution in [-0.4, -0.2) is 5.78 Å². The standard InChI is InChI=1S/C17H20O/c1-12-14-7-3-2-6-13(14)10-11-17(18)16-9-5-4-8-15(12)16/h4-5,8-9,12H,2-3,6-7,10-11H2,1H3. The Bertz CT molecular complexity index is 510. The number of ketones is 1. The van der Waals surface area contributed by atoms with E-state index in [0.717, 1.165) is 12.0 Å². The summed E-state index contributed by atoms with van der Waals surface area (Å²) in [7, 11) is 0. The van der Waals surface area contributed by atoms with Crippen molar-refractivity contribution in [3.05, 3.63) is 46.5 Å². The number of fused-ring (bicyclic) bond motifs is 1. The summed E-state index contributed by atoms with van der Waals surface area (Å²) in [5, 5.41) is 0. The number of hydrogen-bond donors (Lipinski definition) is 0. The highest BCUT2D eigenvalue weighted by atomic mass is 16.1. The van der Waals surface area contributed by atoms with E-state index in [9.17, 15) is 4.79 Å². The van der Waals surface area contributed by atoms with Crippen molar-refractivity contribution in [2.45, 2.75) is 51.4 Å². The average molecular weight is 240 g/mol. The molecule has 1 aromatic carbocycles. The maximum absolute atomic E-state index is 12.3. The Balaban J connectivity index is 2.11. The molecular weight excluding hydrogens is 220 g/mol. The molecule has 0 radical (unpaired) electrons. The maximum atomic E-state index is 12.3. The minimum absolute atomic E-state index is 0.328. The lowest BCUT2D eigenvalue weighted by Gasteiger charge is -2.28. The Morgan fingerprint density at radius 1 is 1.00 bits per heavy atom. The largest absolute Gasteiger partial charge is 0.294 e. The number of hydrogen-bond acceptors (Lipinski definition) is 1. The zero-order valence-corrected chi connectivity index (χ0v) is 11.0. The summed E-state index contributed by atoms with van der Waals surface area (Å²) in [6, 6.07) is 8.19. The van der Waals surface area contributed by atoms with Crippen LogP contribution in [0, 0.1) is 0 Å². The van der Waals surface area contributed by atoms with E-state index in [1.165, 1.54) is 31.2 Å². The predicted molar refractivity (Wildman–Crippen MR) is 73.9 cm³/mol. The van der Waals surface area contributed by atoms with Crippen LogP contribution in [-0.2, 0) is 0 Å². The van der Waals surface area contributed by atoms with Crippen molar-refractivity contribution >= 4 is 5.78 Å². The van der Waals surface area contributed by atoms with E-state index < -0.39 is 0 Å². The number of benzene rings is 1. The van der Waals surface area contributed by atoms with Crippen molar-refractivity contribution in [2.24, 2.45) is 0 Å². The van der Waals surface area contributed by atoms with Crippen LogP contribution in [0.2, 0.25) is 0 Å². The molecule has 0 saturated carbocycles. The number of Topliss-reactive ketones (excluding diaryl/α,β-unsaturated/α-hetero) is 1. The topological polar surface area (TPSA) is 17.1 Å². The lowest BCUT2D eigenvalue weighted by Crippen LogP contribution is -2.15. The van der Waals surface area contributed by atoms with Crippen LogP contribution in [0.15, 0.2) is 35.4 Å². The van der Waals surface area contributed by atoms with E-state index in [1.54, 1.807) is 11.1 Å². The summed E-state index contributed by atoms with van der Waals surface area (Å²) in [6.07, 6.45) is 6.77. The zero-order valence-electron chi connectivity index (χ0n) is 11.0. The van der Waals surface area contributed by atoms with Crippen LogP contribution >= 0.6 is 0 Å². The second-order valence-electron chi connectivity index (χ2n) is 5.57. The Morgan fingerprint density at radius 2 is 1.78 bits per heavy atom. The molecule has 1 heteroatoms. The summed E-state index contributed by atoms with van der Waals surface area (Å²) in [6.45, 7) is 2.28. The predicted octanol–water partition coefficient (Wildman–Crippen LogP) is 4.64. The molecule has 0 aliphatic heterocycles. The average Bonchev–Trinajstić information content (AvgIpc) is 2.43. The van der Waals surface area contributed by atoms with Gasteiger partial charge >= 0.3 is 0 Å². The lowest BCUT2D eigenvalue weighted by atomic mass is 9.76. The third-order valence-corrected chi connectivity index (χ3v) is 4.53. The highest BCUT2D eigenvalue weighted by molar-refractivity contribution is 5.98. The summed E-state index contributed by atoms with van der Waals surface area (Å²) < 4.78 is 0. The van der Waals surface area contributed by atoms with Crippen LogP contribution in [0.3, 0.4) is 0 Å². The van der Waals surface area contributed by atoms with Gasteiger partial charge in [-0.15, -0.1) is 0 Å². The minimum Gasteiger partial charge on any atom is -0.294 e. The quantitative estimate of drug-likeness (QED) is 0.604. The number of allylic oxidation sites excluding steroid dienone is 2. The lowest BCUT2D eigenvalue weighted by molar-refractivity contribution is 0.0980. The van der Waals surface area contributed by atoms with Crippen molar-refractivity contribution in [1.82, 2.24) is 0 Å². The van der Waals surface area contributed by atoms with Crippen LogP contribution < -0.4 is 0 Å². The third kappa shape index (κ3) is 1.92. The summed E-state index contributed by atoms with van der Waals surface area (Å²) >= 11 is 0. The molecular formula is C17H20O. The molecule has 0 fully saturated rings. The molecule has 2 aliphatic carbocycles. The van der Waals surface area contributed by atoms with Crippen molar-refractivity contribution in [3.63, 3.8) is 0 Å². The minimum atomic E-state index is 0.328. The first kappa shape index (κ1) is 11.7. The molecule has 0 heterocycles. The van der Waals surface area contributed by atoms with Gasteiger partial charge in [-0.1, -0.05) is 42.3 Å². The van der Waals surface area contributed by atoms with Gasteiger partial charge < -0.3 is 0 Å². The van der Waals surface area contributed by atoms with Gasteiger partial charge in [-0.2, -0.15) is 0 Å². The summed E-state index contributed by atoms with van der Waals surface area (Å²) in [4.78, 5) is 12.3. The Kier molecular flexibility index (Phi) is 3.07. The molecule has 1 nitrogen and oxygen atoms in total. The van der Waals surface area contributed by atoms with Crippen LogP contribution in [0.5, 0.6) is 0 Å². The molecule has 18 heavy (non-hydrogen) atoms. The monoisotopic (exact) mass is 240 g/mol. The molecule has 0 saturated heterocycles. The molecule has 1 aromatic rings. The first-order valence-corrected chi connectivity index (χ1v) is 7.10. The number of carbonyl (C=O) groups is 1. The van der Waals surface area contributed by atoms with Crippen LogP contribution in [0.1, 0.15) is 67.3 Å². The number of rotatable bonds is 0. The molecule has 3 rings (SSSR count). The van der Waals surface area contributed by atoms with E-state index in [1.807, 2.05) is 12.1 Å². The van der Waals surface area contributed by atoms with Gasteiger partial charge in [0, 0.05) is 17.9 Å². The van der Waals surface area contributed by atoms with Crippen molar-refractivity contribution < 1.29 is 4.79 Å². The third-order valence-electron chi connectivity index (χ3n) is 4.53. The molecule has 94 valence electrons. The van der Waals surface area contributed by atoms with Gasteiger partial charge in [0.05, 0.1) is 0 Å². The van der Waals surface area contributed by atoms with E-state index in [-0.39, 0.29) is 0 Å². The molecule has 2 aliphatic rings. The van der Waals surface area contributed by atoms with Gasteiger partial charge in [0.2, 0.25) is 0 Å². The fourth-order valence-electron chi connectivity index (χ4n) is 3.51. The Morgan fingerprint density at radius 3 is 2.67 bits per heavy atom. The first-order chi connectivity index (χ1) is 8.77. The van der Waals surface area contributed by atoms with Crippen LogP contribution in [0.4, 0.5) is 0 Å². The molecule has 1 atom stereocenters. The normalized spacial score (nSPS) is 24.1. The summed E-state index contributed by atoms with van der Waals surface area (Å²) in [5.41, 5.74) is 5.41. The molecule has 0 amide bonds. The SMILES string of the molecule is CC1C2=C(CCCC2)CCC(=O)c2ccccc21. The molecule has 1 unspecified atom stereocenters. The first-order valence-electron chi connectivity index (χ1n) is 7.10. The van der Waals surface area contributed by atoms with Crippen molar-refractivity contribution in [1.29, 1.82) is 0 Å². The van der Waals surface area contributed by atoms with Crippen molar-refractivity contribution in [3.8, 4) is 0 Å². The summed E-state index contributed by atoms with van der Waals surface area (Å²) in [5.74, 6) is 0.760. The molecule has 0 N–H and O–H groups in total. The highest BCUT2D eigenvalue weighted by Gasteiger charge is 2.25. The van der Waals surface area contributed by atoms with Gasteiger partial charge in [-0.3, -0.25) is 4.79 Å². The van der Waals surface area contributed by atoms with Gasteiger partial charge in [-0.05, 0) is 37.7 Å². The van der Waals surface area contributed by atoms with Gasteiger partial charge in [0.15, 0.2) is 5.78 Å². The van der Waals surface area contributed by atoms with E-state index in [0.29, 0.717) is 18.1 Å². The smallest absolute Gasteiger partial charge is 0.163 e. The maximum Gasteiger partial charge on any atom is 0.163 e. The second kappa shape index (κ2) is 4.72. The second-order valence-corrected chi connectivity index (χ2v) is 5.57. The fourth-order valence-corrected chi connectivity index (χ4v) is 3.51. The van der Waals surface area contributed by atoms with E-state index in [2.05, 4.69) is 19.1 Å². The van der Waals surface area contributed by atoms with E-state index >= 15 is 0 Å². The Hall–Kier alpha value is -1.37. The van der Waals surface area contributed by atoms with E-state index in [4.69, 9.17) is 0 Å². The Labute approximate surface area is 109 Å². The van der Waals surface area contributed by atoms with Gasteiger partial charge in [0.1, 0.15) is 0 Å². The van der Waals surface area contributed by atoms with Gasteiger partial charge in [-0.25, -0.2) is 0 Å². The zero-order chi connectivity index (χ0) is 12.5.